The van der Waals surface area contributed by atoms with Crippen LogP contribution in [0, 0.1) is 11.8 Å². The van der Waals surface area contributed by atoms with Crippen LogP contribution in [-0.4, -0.2) is 42.3 Å². The zero-order chi connectivity index (χ0) is 16.6. The topological polar surface area (TPSA) is 29.5 Å². The molecule has 2 saturated carbocycles. The molecule has 0 N–H and O–H groups in total. The van der Waals surface area contributed by atoms with Gasteiger partial charge in [-0.1, -0.05) is 30.3 Å². The molecular formula is C20H26FNO2. The third-order valence-electron chi connectivity index (χ3n) is 5.61. The van der Waals surface area contributed by atoms with E-state index < -0.39 is 5.67 Å². The number of ether oxygens (including phenoxy) is 1. The molecule has 24 heavy (non-hydrogen) atoms. The predicted molar refractivity (Wildman–Crippen MR) is 90.4 cm³/mol. The van der Waals surface area contributed by atoms with E-state index in [1.165, 1.54) is 18.4 Å². The summed E-state index contributed by atoms with van der Waals surface area (Å²) in [5.41, 5.74) is -0.294. The van der Waals surface area contributed by atoms with Crippen molar-refractivity contribution >= 4 is 5.91 Å². The first kappa shape index (κ1) is 16.1. The highest BCUT2D eigenvalue weighted by atomic mass is 19.1. The SMILES string of the molecule is O=C(N1CC[C@@H](OCC2CC2)[C@H](Cc2ccccc2)C1)C1(F)CC1. The molecule has 2 aliphatic carbocycles. The molecule has 0 aromatic heterocycles. The Hall–Kier alpha value is -1.42. The highest BCUT2D eigenvalue weighted by Gasteiger charge is 2.53. The number of hydrogen-bond donors (Lipinski definition) is 0. The monoisotopic (exact) mass is 331 g/mol. The van der Waals surface area contributed by atoms with Gasteiger partial charge in [0.25, 0.3) is 5.91 Å². The second-order valence-electron chi connectivity index (χ2n) is 7.77. The lowest BCUT2D eigenvalue weighted by Gasteiger charge is -2.39. The number of likely N-dealkylation sites (tertiary alicyclic amines) is 1. The highest BCUT2D eigenvalue weighted by Crippen LogP contribution is 2.42. The number of amides is 1. The minimum atomic E-state index is -1.56. The molecule has 1 aromatic carbocycles. The number of halogens is 1. The van der Waals surface area contributed by atoms with Gasteiger partial charge in [-0.2, -0.15) is 0 Å². The Morgan fingerprint density at radius 3 is 2.62 bits per heavy atom. The van der Waals surface area contributed by atoms with Crippen molar-refractivity contribution in [3.8, 4) is 0 Å². The van der Waals surface area contributed by atoms with E-state index in [4.69, 9.17) is 4.74 Å². The molecule has 1 saturated heterocycles. The van der Waals surface area contributed by atoms with Gasteiger partial charge in [0.15, 0.2) is 5.67 Å². The van der Waals surface area contributed by atoms with Crippen LogP contribution in [0.1, 0.15) is 37.7 Å². The zero-order valence-corrected chi connectivity index (χ0v) is 14.1. The molecule has 1 amide bonds. The quantitative estimate of drug-likeness (QED) is 0.800. The van der Waals surface area contributed by atoms with Crippen molar-refractivity contribution in [3.05, 3.63) is 35.9 Å². The lowest BCUT2D eigenvalue weighted by atomic mass is 9.88. The number of carbonyl (C=O) groups is 1. The molecular weight excluding hydrogens is 305 g/mol. The molecule has 3 nitrogen and oxygen atoms in total. The summed E-state index contributed by atoms with van der Waals surface area (Å²) in [4.78, 5) is 14.1. The summed E-state index contributed by atoms with van der Waals surface area (Å²) in [5.74, 6) is 0.704. The molecule has 0 spiro atoms. The lowest BCUT2D eigenvalue weighted by Crippen LogP contribution is -2.50. The summed E-state index contributed by atoms with van der Waals surface area (Å²) >= 11 is 0. The second-order valence-corrected chi connectivity index (χ2v) is 7.77. The highest BCUT2D eigenvalue weighted by molar-refractivity contribution is 5.88. The van der Waals surface area contributed by atoms with Gasteiger partial charge in [-0.3, -0.25) is 4.79 Å². The van der Waals surface area contributed by atoms with Gasteiger partial charge in [-0.05, 0) is 50.0 Å². The van der Waals surface area contributed by atoms with Gasteiger partial charge in [-0.15, -0.1) is 0 Å². The number of alkyl halides is 1. The first-order chi connectivity index (χ1) is 11.6. The fourth-order valence-corrected chi connectivity index (χ4v) is 3.68. The molecule has 3 aliphatic rings. The minimum Gasteiger partial charge on any atom is -0.377 e. The first-order valence-corrected chi connectivity index (χ1v) is 9.28. The Kier molecular flexibility index (Phi) is 4.33. The maximum atomic E-state index is 14.2. The Morgan fingerprint density at radius 2 is 1.96 bits per heavy atom. The number of benzene rings is 1. The van der Waals surface area contributed by atoms with E-state index in [0.717, 1.165) is 25.4 Å². The molecule has 4 rings (SSSR count). The van der Waals surface area contributed by atoms with Crippen molar-refractivity contribution in [2.75, 3.05) is 19.7 Å². The minimum absolute atomic E-state index is 0.185. The van der Waals surface area contributed by atoms with Gasteiger partial charge in [0.1, 0.15) is 0 Å². The van der Waals surface area contributed by atoms with Crippen LogP contribution in [0.3, 0.4) is 0 Å². The van der Waals surface area contributed by atoms with Crippen molar-refractivity contribution in [3.63, 3.8) is 0 Å². The van der Waals surface area contributed by atoms with Crippen molar-refractivity contribution in [2.24, 2.45) is 11.8 Å². The molecule has 0 radical (unpaired) electrons. The molecule has 0 bridgehead atoms. The second kappa shape index (κ2) is 6.47. The van der Waals surface area contributed by atoms with E-state index in [9.17, 15) is 9.18 Å². The Bertz CT molecular complexity index is 583. The van der Waals surface area contributed by atoms with Crippen LogP contribution < -0.4 is 0 Å². The van der Waals surface area contributed by atoms with Crippen molar-refractivity contribution in [1.29, 1.82) is 0 Å². The molecule has 4 heteroatoms. The maximum Gasteiger partial charge on any atom is 0.260 e. The standard InChI is InChI=1S/C20H26FNO2/c21-20(9-10-20)19(23)22-11-8-18(24-14-16-6-7-16)17(13-22)12-15-4-2-1-3-5-15/h1-5,16-18H,6-14H2/t17-,18-/m1/s1. The summed E-state index contributed by atoms with van der Waals surface area (Å²) in [6, 6.07) is 10.3. The van der Waals surface area contributed by atoms with E-state index in [0.29, 0.717) is 25.9 Å². The van der Waals surface area contributed by atoms with E-state index in [1.54, 1.807) is 4.90 Å². The van der Waals surface area contributed by atoms with Crippen LogP contribution >= 0.6 is 0 Å². The Balaban J connectivity index is 1.43. The van der Waals surface area contributed by atoms with Gasteiger partial charge >= 0.3 is 0 Å². The van der Waals surface area contributed by atoms with Gasteiger partial charge in [0.2, 0.25) is 0 Å². The van der Waals surface area contributed by atoms with Crippen molar-refractivity contribution in [1.82, 2.24) is 4.90 Å². The maximum absolute atomic E-state index is 14.2. The average Bonchev–Trinajstić information content (AvgIpc) is 3.52. The zero-order valence-electron chi connectivity index (χ0n) is 14.1. The van der Waals surface area contributed by atoms with E-state index in [1.807, 2.05) is 18.2 Å². The molecule has 3 fully saturated rings. The normalized spacial score (nSPS) is 28.6. The molecule has 1 heterocycles. The third-order valence-corrected chi connectivity index (χ3v) is 5.61. The number of nitrogens with zero attached hydrogens (tertiary/aromatic N) is 1. The summed E-state index contributed by atoms with van der Waals surface area (Å²) in [6.07, 6.45) is 5.26. The lowest BCUT2D eigenvalue weighted by molar-refractivity contribution is -0.143. The van der Waals surface area contributed by atoms with Crippen LogP contribution in [-0.2, 0) is 16.0 Å². The molecule has 2 atom stereocenters. The largest absolute Gasteiger partial charge is 0.377 e. The van der Waals surface area contributed by atoms with Gasteiger partial charge in [-0.25, -0.2) is 4.39 Å². The van der Waals surface area contributed by atoms with Crippen LogP contribution in [0.4, 0.5) is 4.39 Å². The average molecular weight is 331 g/mol. The molecule has 1 aliphatic heterocycles. The van der Waals surface area contributed by atoms with Gasteiger partial charge in [0.05, 0.1) is 6.10 Å². The van der Waals surface area contributed by atoms with Crippen molar-refractivity contribution in [2.45, 2.75) is 50.3 Å². The molecule has 130 valence electrons. The smallest absolute Gasteiger partial charge is 0.260 e. The van der Waals surface area contributed by atoms with Crippen molar-refractivity contribution < 1.29 is 13.9 Å². The van der Waals surface area contributed by atoms with E-state index in [2.05, 4.69) is 12.1 Å². The predicted octanol–water partition coefficient (Wildman–Crippen LogP) is 3.37. The molecule has 1 aromatic rings. The fourth-order valence-electron chi connectivity index (χ4n) is 3.68. The van der Waals surface area contributed by atoms with Crippen LogP contribution in [0.15, 0.2) is 30.3 Å². The van der Waals surface area contributed by atoms with E-state index in [-0.39, 0.29) is 17.9 Å². The Morgan fingerprint density at radius 1 is 1.21 bits per heavy atom. The summed E-state index contributed by atoms with van der Waals surface area (Å²) in [7, 11) is 0. The summed E-state index contributed by atoms with van der Waals surface area (Å²) in [5, 5.41) is 0. The summed E-state index contributed by atoms with van der Waals surface area (Å²) < 4.78 is 20.4. The number of hydrogen-bond acceptors (Lipinski definition) is 2. The Labute approximate surface area is 143 Å². The van der Waals surface area contributed by atoms with Crippen LogP contribution in [0.2, 0.25) is 0 Å². The van der Waals surface area contributed by atoms with Crippen LogP contribution in [0.25, 0.3) is 0 Å². The number of carbonyl (C=O) groups excluding carboxylic acids is 1. The number of piperidine rings is 1. The number of rotatable bonds is 6. The third kappa shape index (κ3) is 3.64. The van der Waals surface area contributed by atoms with E-state index >= 15 is 0 Å². The summed E-state index contributed by atoms with van der Waals surface area (Å²) in [6.45, 7) is 2.09. The van der Waals surface area contributed by atoms with Gasteiger partial charge < -0.3 is 9.64 Å². The van der Waals surface area contributed by atoms with Gasteiger partial charge in [0, 0.05) is 25.6 Å². The molecule has 0 unspecified atom stereocenters. The van der Waals surface area contributed by atoms with Crippen LogP contribution in [0.5, 0.6) is 0 Å². The fraction of sp³-hybridized carbons (Fsp3) is 0.650. The first-order valence-electron chi connectivity index (χ1n) is 9.28.